The van der Waals surface area contributed by atoms with Crippen LogP contribution in [0.2, 0.25) is 0 Å². The van der Waals surface area contributed by atoms with E-state index in [1.165, 1.54) is 18.7 Å². The Labute approximate surface area is 306 Å². The summed E-state index contributed by atoms with van der Waals surface area (Å²) in [4.78, 5) is 43.8. The van der Waals surface area contributed by atoms with Crippen LogP contribution in [0.5, 0.6) is 28.7 Å². The second-order valence-electron chi connectivity index (χ2n) is 13.8. The van der Waals surface area contributed by atoms with Crippen LogP contribution in [0.3, 0.4) is 0 Å². The SMILES string of the molecule is CCCC(=O)NC1CS[C@@H]2c3c(OC(C)=O)c(C)c4c(c3[C@H](COC1=O)N1C2[C@H]2c3c(cc(C)c(OC)c3OCOC)C[C@@H]([C@@H]1C#N)N2C)OCO4. The molecule has 0 aliphatic carbocycles. The van der Waals surface area contributed by atoms with Crippen LogP contribution in [-0.2, 0) is 30.3 Å². The number of methoxy groups -OCH3 is 2. The van der Waals surface area contributed by atoms with Gasteiger partial charge in [0.25, 0.3) is 0 Å². The molecule has 6 heterocycles. The minimum Gasteiger partial charge on any atom is -0.493 e. The summed E-state index contributed by atoms with van der Waals surface area (Å²) < 4.78 is 42.0. The smallest absolute Gasteiger partial charge is 0.329 e. The Morgan fingerprint density at radius 1 is 1.10 bits per heavy atom. The van der Waals surface area contributed by atoms with Crippen LogP contribution in [0.25, 0.3) is 0 Å². The second kappa shape index (κ2) is 14.3. The van der Waals surface area contributed by atoms with Crippen molar-refractivity contribution in [1.29, 1.82) is 5.26 Å². The Morgan fingerprint density at radius 2 is 1.87 bits per heavy atom. The van der Waals surface area contributed by atoms with Crippen LogP contribution in [0, 0.1) is 25.2 Å². The average Bonchev–Trinajstić information content (AvgIpc) is 3.60. The number of rotatable bonds is 8. The highest BCUT2D eigenvalue weighted by Gasteiger charge is 2.61. The Morgan fingerprint density at radius 3 is 2.56 bits per heavy atom. The molecule has 8 rings (SSSR count). The number of nitrogens with zero attached hydrogens (tertiary/aromatic N) is 3. The number of thioether (sulfide) groups is 1. The van der Waals surface area contributed by atoms with Crippen molar-refractivity contribution < 1.29 is 47.5 Å². The molecule has 278 valence electrons. The fourth-order valence-electron chi connectivity index (χ4n) is 8.80. The van der Waals surface area contributed by atoms with Gasteiger partial charge in [0, 0.05) is 60.5 Å². The van der Waals surface area contributed by atoms with E-state index in [1.54, 1.807) is 14.2 Å². The Bertz CT molecular complexity index is 1850. The zero-order chi connectivity index (χ0) is 37.0. The highest BCUT2D eigenvalue weighted by molar-refractivity contribution is 7.99. The lowest BCUT2D eigenvalue weighted by Crippen LogP contribution is -2.69. The lowest BCUT2D eigenvalue weighted by Gasteiger charge is -2.61. The number of esters is 2. The first-order chi connectivity index (χ1) is 25.1. The number of piperazine rings is 1. The molecular formula is C37H44N4O10S. The molecular weight excluding hydrogens is 692 g/mol. The van der Waals surface area contributed by atoms with Crippen LogP contribution in [0.4, 0.5) is 0 Å². The molecule has 2 saturated heterocycles. The number of amides is 1. The van der Waals surface area contributed by atoms with Gasteiger partial charge in [-0.25, -0.2) is 4.79 Å². The monoisotopic (exact) mass is 736 g/mol. The summed E-state index contributed by atoms with van der Waals surface area (Å²) in [6, 6.07) is 1.34. The standard InChI is InChI=1S/C37H44N4O10S/c1-8-9-25(43)39-21-14-52-36-28-27(35-33(49-16-50-35)18(3)32(28)51-19(4)42)24(13-47-37(21)44)41-23(12-38)22-11-20-10-17(2)31(46-7)34(48-15-45-6)26(20)29(30(36)41)40(22)5/h10,21-24,29-30,36H,8-9,11,13-16H2,1-7H3,(H,39,43)/t21?,22-,23-,24-,29+,30?,36+/m0/s1. The number of nitriles is 1. The van der Waals surface area contributed by atoms with Crippen molar-refractivity contribution in [2.75, 3.05) is 47.2 Å². The van der Waals surface area contributed by atoms with E-state index in [9.17, 15) is 19.6 Å². The van der Waals surface area contributed by atoms with Gasteiger partial charge in [-0.15, -0.1) is 11.8 Å². The van der Waals surface area contributed by atoms with Crippen molar-refractivity contribution in [1.82, 2.24) is 15.1 Å². The van der Waals surface area contributed by atoms with Crippen LogP contribution >= 0.6 is 11.8 Å². The van der Waals surface area contributed by atoms with Crippen molar-refractivity contribution in [3.63, 3.8) is 0 Å². The molecule has 1 N–H and O–H groups in total. The first-order valence-electron chi connectivity index (χ1n) is 17.5. The predicted octanol–water partition coefficient (Wildman–Crippen LogP) is 3.79. The normalized spacial score (nSPS) is 27.3. The van der Waals surface area contributed by atoms with E-state index in [0.717, 1.165) is 16.7 Å². The zero-order valence-electron chi connectivity index (χ0n) is 30.4. The number of benzene rings is 2. The molecule has 2 aromatic carbocycles. The molecule has 1 amide bonds. The van der Waals surface area contributed by atoms with Crippen molar-refractivity contribution in [2.45, 2.75) is 88.5 Å². The molecule has 15 heteroatoms. The van der Waals surface area contributed by atoms with E-state index in [0.29, 0.717) is 58.3 Å². The largest absolute Gasteiger partial charge is 0.493 e. The second-order valence-corrected chi connectivity index (χ2v) is 15.0. The molecule has 2 aromatic rings. The highest BCUT2D eigenvalue weighted by atomic mass is 32.2. The van der Waals surface area contributed by atoms with Crippen molar-refractivity contribution in [3.05, 3.63) is 39.4 Å². The summed E-state index contributed by atoms with van der Waals surface area (Å²) in [5.74, 6) is 1.24. The fraction of sp³-hybridized carbons (Fsp3) is 0.568. The minimum atomic E-state index is -0.935. The van der Waals surface area contributed by atoms with E-state index < -0.39 is 41.4 Å². The van der Waals surface area contributed by atoms with Gasteiger partial charge in [-0.05, 0) is 44.9 Å². The molecule has 6 aliphatic rings. The van der Waals surface area contributed by atoms with Crippen LogP contribution in [0.1, 0.15) is 77.4 Å². The molecule has 2 unspecified atom stereocenters. The van der Waals surface area contributed by atoms with Gasteiger partial charge < -0.3 is 38.5 Å². The Balaban J connectivity index is 1.52. The van der Waals surface area contributed by atoms with Gasteiger partial charge in [0.2, 0.25) is 12.7 Å². The van der Waals surface area contributed by atoms with Gasteiger partial charge in [0.1, 0.15) is 24.4 Å². The number of carbonyl (C=O) groups excluding carboxylic acids is 3. The predicted molar refractivity (Wildman–Crippen MR) is 188 cm³/mol. The molecule has 7 atom stereocenters. The summed E-state index contributed by atoms with van der Waals surface area (Å²) in [7, 11) is 5.19. The molecule has 0 spiro atoms. The van der Waals surface area contributed by atoms with E-state index in [4.69, 9.17) is 33.2 Å². The van der Waals surface area contributed by atoms with Gasteiger partial charge in [-0.3, -0.25) is 19.4 Å². The third kappa shape index (κ3) is 5.71. The van der Waals surface area contributed by atoms with E-state index in [1.807, 2.05) is 27.8 Å². The summed E-state index contributed by atoms with van der Waals surface area (Å²) >= 11 is 1.45. The van der Waals surface area contributed by atoms with Gasteiger partial charge in [-0.2, -0.15) is 5.26 Å². The first-order valence-corrected chi connectivity index (χ1v) is 18.5. The first kappa shape index (κ1) is 36.1. The van der Waals surface area contributed by atoms with Crippen LogP contribution < -0.4 is 29.0 Å². The maximum Gasteiger partial charge on any atom is 0.329 e. The number of aryl methyl sites for hydroxylation is 1. The quantitative estimate of drug-likeness (QED) is 0.237. The third-order valence-electron chi connectivity index (χ3n) is 10.8. The maximum atomic E-state index is 13.7. The minimum absolute atomic E-state index is 0.0146. The molecule has 0 aromatic heterocycles. The average molecular weight is 737 g/mol. The number of ether oxygens (including phenoxy) is 7. The number of likely N-dealkylation sites (N-methyl/N-ethyl adjacent to an activating group) is 1. The van der Waals surface area contributed by atoms with E-state index in [2.05, 4.69) is 27.3 Å². The third-order valence-corrected chi connectivity index (χ3v) is 12.2. The lowest BCUT2D eigenvalue weighted by molar-refractivity contribution is -0.152. The molecule has 4 bridgehead atoms. The fourth-order valence-corrected chi connectivity index (χ4v) is 10.3. The number of hydrogen-bond donors (Lipinski definition) is 1. The van der Waals surface area contributed by atoms with E-state index in [-0.39, 0.29) is 50.4 Å². The Hall–Kier alpha value is -4.23. The highest BCUT2D eigenvalue weighted by Crippen LogP contribution is 2.64. The van der Waals surface area contributed by atoms with Crippen molar-refractivity contribution >= 4 is 29.6 Å². The number of fused-ring (bicyclic) bond motifs is 10. The molecule has 0 saturated carbocycles. The molecule has 14 nitrogen and oxygen atoms in total. The van der Waals surface area contributed by atoms with Gasteiger partial charge in [0.15, 0.2) is 29.8 Å². The van der Waals surface area contributed by atoms with Crippen molar-refractivity contribution in [3.8, 4) is 34.8 Å². The molecule has 0 radical (unpaired) electrons. The topological polar surface area (TPSA) is 158 Å². The summed E-state index contributed by atoms with van der Waals surface area (Å²) in [6.45, 7) is 6.83. The summed E-state index contributed by atoms with van der Waals surface area (Å²) in [5.41, 5.74) is 4.80. The number of carbonyl (C=O) groups is 3. The summed E-state index contributed by atoms with van der Waals surface area (Å²) in [5, 5.41) is 13.4. The Kier molecular flexibility index (Phi) is 9.94. The molecule has 2 fully saturated rings. The van der Waals surface area contributed by atoms with Crippen LogP contribution in [-0.4, -0.2) is 99.0 Å². The zero-order valence-corrected chi connectivity index (χ0v) is 31.2. The number of nitrogens with one attached hydrogen (secondary N) is 1. The van der Waals surface area contributed by atoms with E-state index >= 15 is 0 Å². The van der Waals surface area contributed by atoms with Gasteiger partial charge in [-0.1, -0.05) is 13.0 Å². The molecule has 52 heavy (non-hydrogen) atoms. The summed E-state index contributed by atoms with van der Waals surface area (Å²) in [6.07, 6.45) is 1.43. The number of hydrogen-bond acceptors (Lipinski definition) is 14. The van der Waals surface area contributed by atoms with Crippen molar-refractivity contribution in [2.24, 2.45) is 0 Å². The lowest BCUT2D eigenvalue weighted by atomic mass is 9.71. The van der Waals surface area contributed by atoms with Gasteiger partial charge >= 0.3 is 11.9 Å². The molecule has 6 aliphatic heterocycles. The van der Waals surface area contributed by atoms with Crippen LogP contribution in [0.15, 0.2) is 6.07 Å². The van der Waals surface area contributed by atoms with Gasteiger partial charge in [0.05, 0.1) is 30.5 Å². The maximum absolute atomic E-state index is 13.7.